The average Bonchev–Trinajstić information content (AvgIpc) is 2.68. The normalized spacial score (nSPS) is 11.7. The molecule has 7 heteroatoms. The van der Waals surface area contributed by atoms with Gasteiger partial charge >= 0.3 is 5.97 Å². The predicted molar refractivity (Wildman–Crippen MR) is 112 cm³/mol. The van der Waals surface area contributed by atoms with Crippen molar-refractivity contribution in [1.82, 2.24) is 5.32 Å². The lowest BCUT2D eigenvalue weighted by Crippen LogP contribution is -2.24. The van der Waals surface area contributed by atoms with Crippen molar-refractivity contribution in [2.75, 3.05) is 18.5 Å². The van der Waals surface area contributed by atoms with Crippen molar-refractivity contribution in [3.05, 3.63) is 58.1 Å². The van der Waals surface area contributed by atoms with E-state index >= 15 is 0 Å². The Morgan fingerprint density at radius 1 is 1.17 bits per heavy atom. The zero-order valence-corrected chi connectivity index (χ0v) is 17.2. The number of carbonyl (C=O) groups is 2. The maximum Gasteiger partial charge on any atom is 0.305 e. The van der Waals surface area contributed by atoms with Crippen LogP contribution in [0.5, 0.6) is 5.75 Å². The van der Waals surface area contributed by atoms with E-state index in [0.717, 1.165) is 29.7 Å². The third kappa shape index (κ3) is 5.87. The first-order chi connectivity index (χ1) is 14.1. The Morgan fingerprint density at radius 3 is 2.76 bits per heavy atom. The molecule has 2 aromatic carbocycles. The van der Waals surface area contributed by atoms with Crippen LogP contribution in [0.4, 0.5) is 5.69 Å². The lowest BCUT2D eigenvalue weighted by Gasteiger charge is -2.21. The van der Waals surface area contributed by atoms with E-state index < -0.39 is 0 Å². The van der Waals surface area contributed by atoms with E-state index in [2.05, 4.69) is 10.6 Å². The number of ether oxygens (including phenoxy) is 2. The molecule has 2 N–H and O–H groups in total. The molecule has 1 aliphatic heterocycles. The molecule has 1 heterocycles. The fourth-order valence-electron chi connectivity index (χ4n) is 3.06. The number of nitrogens with one attached hydrogen (secondary N) is 2. The molecule has 0 bridgehead atoms. The van der Waals surface area contributed by atoms with Gasteiger partial charge < -0.3 is 20.1 Å². The fraction of sp³-hybridized carbons (Fsp3) is 0.364. The van der Waals surface area contributed by atoms with Gasteiger partial charge in [0, 0.05) is 35.8 Å². The van der Waals surface area contributed by atoms with Crippen LogP contribution < -0.4 is 15.4 Å². The van der Waals surface area contributed by atoms with Gasteiger partial charge in [-0.25, -0.2) is 0 Å². The maximum absolute atomic E-state index is 12.7. The molecule has 0 radical (unpaired) electrons. The van der Waals surface area contributed by atoms with Crippen LogP contribution in [-0.4, -0.2) is 25.0 Å². The van der Waals surface area contributed by atoms with E-state index in [4.69, 9.17) is 21.1 Å². The molecule has 0 spiro atoms. The number of carbonyl (C=O) groups excluding carboxylic acids is 2. The zero-order valence-electron chi connectivity index (χ0n) is 16.4. The Labute approximate surface area is 175 Å². The van der Waals surface area contributed by atoms with Gasteiger partial charge in [-0.05, 0) is 55.7 Å². The van der Waals surface area contributed by atoms with Gasteiger partial charge in [0.25, 0.3) is 5.91 Å². The molecule has 29 heavy (non-hydrogen) atoms. The van der Waals surface area contributed by atoms with Crippen LogP contribution in [0.1, 0.15) is 47.7 Å². The summed E-state index contributed by atoms with van der Waals surface area (Å²) in [6.45, 7) is 3.89. The molecule has 0 saturated heterocycles. The zero-order chi connectivity index (χ0) is 20.6. The Hall–Kier alpha value is -2.73. The molecule has 1 aliphatic rings. The summed E-state index contributed by atoms with van der Waals surface area (Å²) < 4.78 is 10.2. The smallest absolute Gasteiger partial charge is 0.305 e. The molecule has 0 aromatic heterocycles. The maximum atomic E-state index is 12.7. The first kappa shape index (κ1) is 21.0. The van der Waals surface area contributed by atoms with Crippen LogP contribution in [0.2, 0.25) is 5.02 Å². The highest BCUT2D eigenvalue weighted by Crippen LogP contribution is 2.29. The Morgan fingerprint density at radius 2 is 2.03 bits per heavy atom. The summed E-state index contributed by atoms with van der Waals surface area (Å²) in [6, 6.07) is 11.1. The predicted octanol–water partition coefficient (Wildman–Crippen LogP) is 4.31. The van der Waals surface area contributed by atoms with Crippen LogP contribution in [-0.2, 0) is 22.7 Å². The average molecular weight is 417 g/mol. The number of hydrogen-bond acceptors (Lipinski definition) is 5. The number of halogens is 1. The largest absolute Gasteiger partial charge is 0.488 e. The Balaban J connectivity index is 1.52. The lowest BCUT2D eigenvalue weighted by molar-refractivity contribution is -0.143. The molecular formula is C22H25ClN2O4. The second kappa shape index (κ2) is 10.2. The monoisotopic (exact) mass is 416 g/mol. The minimum Gasteiger partial charge on any atom is -0.488 e. The summed E-state index contributed by atoms with van der Waals surface area (Å²) in [5.41, 5.74) is 3.39. The molecule has 0 atom stereocenters. The highest BCUT2D eigenvalue weighted by molar-refractivity contribution is 6.31. The number of hydrogen-bond donors (Lipinski definition) is 2. The Bertz CT molecular complexity index is 885. The van der Waals surface area contributed by atoms with Crippen LogP contribution in [0.3, 0.4) is 0 Å². The first-order valence-electron chi connectivity index (χ1n) is 9.78. The van der Waals surface area contributed by atoms with Gasteiger partial charge in [-0.15, -0.1) is 0 Å². The summed E-state index contributed by atoms with van der Waals surface area (Å²) in [5, 5.41) is 6.71. The fourth-order valence-corrected chi connectivity index (χ4v) is 3.23. The van der Waals surface area contributed by atoms with Gasteiger partial charge in [-0.1, -0.05) is 17.7 Å². The molecule has 154 valence electrons. The van der Waals surface area contributed by atoms with Crippen molar-refractivity contribution >= 4 is 29.2 Å². The van der Waals surface area contributed by atoms with Crippen molar-refractivity contribution in [3.8, 4) is 5.75 Å². The van der Waals surface area contributed by atoms with Crippen LogP contribution in [0.15, 0.2) is 36.4 Å². The van der Waals surface area contributed by atoms with Crippen LogP contribution >= 0.6 is 11.6 Å². The van der Waals surface area contributed by atoms with E-state index in [9.17, 15) is 9.59 Å². The van der Waals surface area contributed by atoms with Crippen molar-refractivity contribution in [1.29, 1.82) is 0 Å². The summed E-state index contributed by atoms with van der Waals surface area (Å²) in [7, 11) is 0. The first-order valence-corrected chi connectivity index (χ1v) is 10.2. The quantitative estimate of drug-likeness (QED) is 0.446. The summed E-state index contributed by atoms with van der Waals surface area (Å²) >= 11 is 6.10. The van der Waals surface area contributed by atoms with Crippen LogP contribution in [0, 0.1) is 0 Å². The van der Waals surface area contributed by atoms with Crippen molar-refractivity contribution < 1.29 is 19.1 Å². The van der Waals surface area contributed by atoms with E-state index in [0.29, 0.717) is 49.0 Å². The third-order valence-electron chi connectivity index (χ3n) is 4.62. The molecule has 2 aromatic rings. The molecule has 0 fully saturated rings. The standard InChI is InChI=1S/C22H25ClN2O4/c1-2-28-21(26)5-3-4-10-24-19-8-7-17(23)12-18(19)22(27)25-13-15-6-9-20-16(11-15)14-29-20/h6-9,11-12,24H,2-5,10,13-14H2,1H3,(H,25,27). The lowest BCUT2D eigenvalue weighted by atomic mass is 10.1. The third-order valence-corrected chi connectivity index (χ3v) is 4.85. The number of esters is 1. The van der Waals surface area contributed by atoms with Gasteiger partial charge in [0.05, 0.1) is 12.2 Å². The van der Waals surface area contributed by atoms with Crippen LogP contribution in [0.25, 0.3) is 0 Å². The van der Waals surface area contributed by atoms with Gasteiger partial charge in [0.1, 0.15) is 12.4 Å². The summed E-state index contributed by atoms with van der Waals surface area (Å²) in [5.74, 6) is 0.534. The highest BCUT2D eigenvalue weighted by atomic mass is 35.5. The highest BCUT2D eigenvalue weighted by Gasteiger charge is 2.16. The molecular weight excluding hydrogens is 392 g/mol. The number of anilines is 1. The SMILES string of the molecule is CCOC(=O)CCCCNc1ccc(Cl)cc1C(=O)NCc1ccc2c(c1)CO2. The second-order valence-electron chi connectivity index (χ2n) is 6.79. The second-order valence-corrected chi connectivity index (χ2v) is 7.23. The van der Waals surface area contributed by atoms with Crippen molar-refractivity contribution in [3.63, 3.8) is 0 Å². The number of rotatable bonds is 10. The van der Waals surface area contributed by atoms with E-state index in [-0.39, 0.29) is 11.9 Å². The van der Waals surface area contributed by atoms with Crippen molar-refractivity contribution in [2.45, 2.75) is 39.3 Å². The molecule has 0 saturated carbocycles. The topological polar surface area (TPSA) is 76.7 Å². The number of amides is 1. The molecule has 6 nitrogen and oxygen atoms in total. The minimum atomic E-state index is -0.194. The van der Waals surface area contributed by atoms with Gasteiger partial charge in [-0.3, -0.25) is 9.59 Å². The number of benzene rings is 2. The van der Waals surface area contributed by atoms with Gasteiger partial charge in [0.2, 0.25) is 0 Å². The summed E-state index contributed by atoms with van der Waals surface area (Å²) in [6.07, 6.45) is 1.91. The molecule has 3 rings (SSSR count). The van der Waals surface area contributed by atoms with E-state index in [1.54, 1.807) is 25.1 Å². The Kier molecular flexibility index (Phi) is 7.36. The van der Waals surface area contributed by atoms with Gasteiger partial charge in [0.15, 0.2) is 0 Å². The molecule has 1 amide bonds. The number of fused-ring (bicyclic) bond motifs is 1. The van der Waals surface area contributed by atoms with E-state index in [1.807, 2.05) is 18.2 Å². The summed E-state index contributed by atoms with van der Waals surface area (Å²) in [4.78, 5) is 24.1. The van der Waals surface area contributed by atoms with Gasteiger partial charge in [-0.2, -0.15) is 0 Å². The minimum absolute atomic E-state index is 0.179. The molecule has 0 unspecified atom stereocenters. The van der Waals surface area contributed by atoms with E-state index in [1.165, 1.54) is 0 Å². The number of unbranched alkanes of at least 4 members (excludes halogenated alkanes) is 1. The molecule has 0 aliphatic carbocycles. The van der Waals surface area contributed by atoms with Crippen molar-refractivity contribution in [2.24, 2.45) is 0 Å².